The zero-order valence-corrected chi connectivity index (χ0v) is 13.0. The highest BCUT2D eigenvalue weighted by atomic mass is 16.5. The normalized spacial score (nSPS) is 22.0. The van der Waals surface area contributed by atoms with Gasteiger partial charge in [0.15, 0.2) is 0 Å². The first-order valence-corrected chi connectivity index (χ1v) is 7.41. The molecule has 1 amide bonds. The van der Waals surface area contributed by atoms with Crippen LogP contribution in [0.25, 0.3) is 0 Å². The number of ether oxygens (including phenoxy) is 2. The minimum absolute atomic E-state index is 0.157. The standard InChI is InChI=1S/C16H24N2O3/c1-12-13(2)18(10-9-17-12)16(19)8-11-21-15-6-4-14(20-3)5-7-15/h4-7,12-13,17H,8-11H2,1-3H3. The van der Waals surface area contributed by atoms with E-state index in [1.807, 2.05) is 29.2 Å². The number of hydrogen-bond acceptors (Lipinski definition) is 4. The molecule has 1 aliphatic heterocycles. The van der Waals surface area contributed by atoms with E-state index in [0.717, 1.165) is 24.6 Å². The Morgan fingerprint density at radius 2 is 1.95 bits per heavy atom. The minimum atomic E-state index is 0.157. The maximum atomic E-state index is 12.2. The Morgan fingerprint density at radius 3 is 2.62 bits per heavy atom. The van der Waals surface area contributed by atoms with Crippen molar-refractivity contribution in [3.63, 3.8) is 0 Å². The van der Waals surface area contributed by atoms with Gasteiger partial charge in [-0.1, -0.05) is 0 Å². The fraction of sp³-hybridized carbons (Fsp3) is 0.562. The SMILES string of the molecule is COc1ccc(OCCC(=O)N2CCNC(C)C2C)cc1. The molecule has 0 aromatic heterocycles. The predicted octanol–water partition coefficient (Wildman–Crippen LogP) is 1.67. The predicted molar refractivity (Wildman–Crippen MR) is 81.7 cm³/mol. The molecule has 1 saturated heterocycles. The van der Waals surface area contributed by atoms with Crippen molar-refractivity contribution in [2.24, 2.45) is 0 Å². The van der Waals surface area contributed by atoms with E-state index >= 15 is 0 Å². The summed E-state index contributed by atoms with van der Waals surface area (Å²) in [5.41, 5.74) is 0. The molecule has 1 aliphatic rings. The number of methoxy groups -OCH3 is 1. The first kappa shape index (κ1) is 15.6. The first-order valence-electron chi connectivity index (χ1n) is 7.41. The van der Waals surface area contributed by atoms with Crippen LogP contribution in [0.4, 0.5) is 0 Å². The molecular weight excluding hydrogens is 268 g/mol. The number of amides is 1. The van der Waals surface area contributed by atoms with Crippen molar-refractivity contribution in [1.29, 1.82) is 0 Å². The van der Waals surface area contributed by atoms with Crippen LogP contribution >= 0.6 is 0 Å². The molecule has 1 aromatic carbocycles. The molecule has 5 heteroatoms. The summed E-state index contributed by atoms with van der Waals surface area (Å²) < 4.78 is 10.7. The van der Waals surface area contributed by atoms with Gasteiger partial charge in [-0.3, -0.25) is 4.79 Å². The van der Waals surface area contributed by atoms with Crippen LogP contribution in [0, 0.1) is 0 Å². The summed E-state index contributed by atoms with van der Waals surface area (Å²) in [5.74, 6) is 1.71. The van der Waals surface area contributed by atoms with Crippen LogP contribution in [0.1, 0.15) is 20.3 Å². The average molecular weight is 292 g/mol. The molecule has 21 heavy (non-hydrogen) atoms. The molecule has 0 radical (unpaired) electrons. The van der Waals surface area contributed by atoms with E-state index in [0.29, 0.717) is 19.1 Å². The molecule has 1 fully saturated rings. The number of hydrogen-bond donors (Lipinski definition) is 1. The molecular formula is C16H24N2O3. The maximum Gasteiger partial charge on any atom is 0.226 e. The van der Waals surface area contributed by atoms with Crippen LogP contribution in [0.3, 0.4) is 0 Å². The Bertz CT molecular complexity index is 461. The summed E-state index contributed by atoms with van der Waals surface area (Å²) in [6.45, 7) is 6.22. The van der Waals surface area contributed by atoms with Gasteiger partial charge in [0.1, 0.15) is 11.5 Å². The van der Waals surface area contributed by atoms with Gasteiger partial charge in [-0.25, -0.2) is 0 Å². The Hall–Kier alpha value is -1.75. The molecule has 2 atom stereocenters. The van der Waals surface area contributed by atoms with Gasteiger partial charge in [0, 0.05) is 25.2 Å². The van der Waals surface area contributed by atoms with Crippen molar-refractivity contribution < 1.29 is 14.3 Å². The van der Waals surface area contributed by atoms with Crippen molar-refractivity contribution in [3.05, 3.63) is 24.3 Å². The summed E-state index contributed by atoms with van der Waals surface area (Å²) in [7, 11) is 1.63. The van der Waals surface area contributed by atoms with Crippen molar-refractivity contribution in [3.8, 4) is 11.5 Å². The number of carbonyl (C=O) groups excluding carboxylic acids is 1. The summed E-state index contributed by atoms with van der Waals surface area (Å²) in [6.07, 6.45) is 0.406. The van der Waals surface area contributed by atoms with E-state index < -0.39 is 0 Å². The number of rotatable bonds is 5. The van der Waals surface area contributed by atoms with Gasteiger partial charge in [0.2, 0.25) is 5.91 Å². The average Bonchev–Trinajstić information content (AvgIpc) is 2.50. The molecule has 1 N–H and O–H groups in total. The lowest BCUT2D eigenvalue weighted by molar-refractivity contribution is -0.135. The Labute approximate surface area is 126 Å². The second-order valence-corrected chi connectivity index (χ2v) is 5.34. The fourth-order valence-electron chi connectivity index (χ4n) is 2.48. The minimum Gasteiger partial charge on any atom is -0.497 e. The van der Waals surface area contributed by atoms with Gasteiger partial charge >= 0.3 is 0 Å². The monoisotopic (exact) mass is 292 g/mol. The van der Waals surface area contributed by atoms with Gasteiger partial charge in [-0.05, 0) is 38.1 Å². The van der Waals surface area contributed by atoms with Crippen LogP contribution in [0.15, 0.2) is 24.3 Å². The second-order valence-electron chi connectivity index (χ2n) is 5.34. The quantitative estimate of drug-likeness (QED) is 0.897. The molecule has 1 heterocycles. The highest BCUT2D eigenvalue weighted by Crippen LogP contribution is 2.17. The lowest BCUT2D eigenvalue weighted by Gasteiger charge is -2.38. The van der Waals surface area contributed by atoms with E-state index in [-0.39, 0.29) is 11.9 Å². The smallest absolute Gasteiger partial charge is 0.226 e. The third-order valence-electron chi connectivity index (χ3n) is 4.00. The maximum absolute atomic E-state index is 12.2. The molecule has 1 aromatic rings. The third kappa shape index (κ3) is 4.11. The van der Waals surface area contributed by atoms with Crippen molar-refractivity contribution >= 4 is 5.91 Å². The Morgan fingerprint density at radius 1 is 1.29 bits per heavy atom. The van der Waals surface area contributed by atoms with Crippen LogP contribution in [-0.2, 0) is 4.79 Å². The molecule has 2 rings (SSSR count). The van der Waals surface area contributed by atoms with Gasteiger partial charge in [0.05, 0.1) is 20.1 Å². The van der Waals surface area contributed by atoms with Gasteiger partial charge in [0.25, 0.3) is 0 Å². The molecule has 116 valence electrons. The molecule has 0 aliphatic carbocycles. The van der Waals surface area contributed by atoms with E-state index in [4.69, 9.17) is 9.47 Å². The molecule has 5 nitrogen and oxygen atoms in total. The van der Waals surface area contributed by atoms with Gasteiger partial charge < -0.3 is 19.7 Å². The van der Waals surface area contributed by atoms with E-state index in [9.17, 15) is 4.79 Å². The first-order chi connectivity index (χ1) is 10.1. The van der Waals surface area contributed by atoms with E-state index in [1.54, 1.807) is 7.11 Å². The number of nitrogens with one attached hydrogen (secondary N) is 1. The van der Waals surface area contributed by atoms with Gasteiger partial charge in [-0.2, -0.15) is 0 Å². The highest BCUT2D eigenvalue weighted by Gasteiger charge is 2.27. The molecule has 0 spiro atoms. The van der Waals surface area contributed by atoms with Gasteiger partial charge in [-0.15, -0.1) is 0 Å². The zero-order valence-electron chi connectivity index (χ0n) is 13.0. The molecule has 0 saturated carbocycles. The summed E-state index contributed by atoms with van der Waals surface area (Å²) >= 11 is 0. The third-order valence-corrected chi connectivity index (χ3v) is 4.00. The van der Waals surface area contributed by atoms with Crippen LogP contribution < -0.4 is 14.8 Å². The van der Waals surface area contributed by atoms with Crippen LogP contribution in [-0.4, -0.2) is 49.7 Å². The lowest BCUT2D eigenvalue weighted by Crippen LogP contribution is -2.57. The summed E-state index contributed by atoms with van der Waals surface area (Å²) in [4.78, 5) is 14.2. The summed E-state index contributed by atoms with van der Waals surface area (Å²) in [6, 6.07) is 7.95. The van der Waals surface area contributed by atoms with Crippen LogP contribution in [0.5, 0.6) is 11.5 Å². The number of benzene rings is 1. The number of carbonyl (C=O) groups is 1. The lowest BCUT2D eigenvalue weighted by atomic mass is 10.1. The Balaban J connectivity index is 1.78. The largest absolute Gasteiger partial charge is 0.497 e. The van der Waals surface area contributed by atoms with Crippen molar-refractivity contribution in [2.75, 3.05) is 26.8 Å². The zero-order chi connectivity index (χ0) is 15.2. The van der Waals surface area contributed by atoms with Crippen molar-refractivity contribution in [2.45, 2.75) is 32.4 Å². The topological polar surface area (TPSA) is 50.8 Å². The Kier molecular flexibility index (Phi) is 5.44. The molecule has 2 unspecified atom stereocenters. The summed E-state index contributed by atoms with van der Waals surface area (Å²) in [5, 5.41) is 3.37. The van der Waals surface area contributed by atoms with Crippen molar-refractivity contribution in [1.82, 2.24) is 10.2 Å². The number of piperazine rings is 1. The van der Waals surface area contributed by atoms with E-state index in [2.05, 4.69) is 19.2 Å². The number of nitrogens with zero attached hydrogens (tertiary/aromatic N) is 1. The highest BCUT2D eigenvalue weighted by molar-refractivity contribution is 5.76. The van der Waals surface area contributed by atoms with E-state index in [1.165, 1.54) is 0 Å². The van der Waals surface area contributed by atoms with Crippen LogP contribution in [0.2, 0.25) is 0 Å². The fourth-order valence-corrected chi connectivity index (χ4v) is 2.48. The molecule has 0 bridgehead atoms. The second kappa shape index (κ2) is 7.31.